The van der Waals surface area contributed by atoms with Crippen molar-refractivity contribution in [2.45, 2.75) is 25.8 Å². The van der Waals surface area contributed by atoms with Crippen LogP contribution in [0.3, 0.4) is 0 Å². The molecule has 1 saturated carbocycles. The van der Waals surface area contributed by atoms with Gasteiger partial charge in [0.25, 0.3) is 5.91 Å². The zero-order valence-electron chi connectivity index (χ0n) is 10.8. The number of carbonyl (C=O) groups excluding carboxylic acids is 1. The van der Waals surface area contributed by atoms with Crippen molar-refractivity contribution in [3.05, 3.63) is 22.4 Å². The standard InChI is InChI=1S/C13H19BrN2O2/c1-9(10-3-4-10)16(5-6-18-2)13(17)12-7-11(14)8-15-12/h7-10,15H,3-6H2,1-2H3. The topological polar surface area (TPSA) is 45.3 Å². The predicted molar refractivity (Wildman–Crippen MR) is 73.6 cm³/mol. The third-order valence-corrected chi connectivity index (χ3v) is 3.93. The Bertz CT molecular complexity index is 415. The number of nitrogens with one attached hydrogen (secondary N) is 1. The molecule has 1 atom stereocenters. The number of hydrogen-bond donors (Lipinski definition) is 1. The second kappa shape index (κ2) is 5.89. The lowest BCUT2D eigenvalue weighted by molar-refractivity contribution is 0.0589. The number of methoxy groups -OCH3 is 1. The summed E-state index contributed by atoms with van der Waals surface area (Å²) in [4.78, 5) is 17.4. The summed E-state index contributed by atoms with van der Waals surface area (Å²) in [5, 5.41) is 0. The highest BCUT2D eigenvalue weighted by atomic mass is 79.9. The van der Waals surface area contributed by atoms with Crippen LogP contribution in [0.1, 0.15) is 30.3 Å². The molecule has 1 aromatic heterocycles. The van der Waals surface area contributed by atoms with E-state index in [0.29, 0.717) is 24.8 Å². The minimum atomic E-state index is 0.0529. The lowest BCUT2D eigenvalue weighted by Gasteiger charge is -2.28. The molecular formula is C13H19BrN2O2. The Morgan fingerprint density at radius 3 is 2.89 bits per heavy atom. The lowest BCUT2D eigenvalue weighted by Crippen LogP contribution is -2.42. The third-order valence-electron chi connectivity index (χ3n) is 3.47. The Kier molecular flexibility index (Phi) is 4.45. The number of halogens is 1. The highest BCUT2D eigenvalue weighted by molar-refractivity contribution is 9.10. The van der Waals surface area contributed by atoms with Gasteiger partial charge < -0.3 is 14.6 Å². The van der Waals surface area contributed by atoms with E-state index in [1.807, 2.05) is 11.0 Å². The summed E-state index contributed by atoms with van der Waals surface area (Å²) in [5.74, 6) is 0.710. The second-order valence-corrected chi connectivity index (χ2v) is 5.72. The van der Waals surface area contributed by atoms with Crippen molar-refractivity contribution in [2.75, 3.05) is 20.3 Å². The molecule has 5 heteroatoms. The summed E-state index contributed by atoms with van der Waals surface area (Å²) in [7, 11) is 1.66. The fourth-order valence-electron chi connectivity index (χ4n) is 2.16. The minimum Gasteiger partial charge on any atom is -0.383 e. The van der Waals surface area contributed by atoms with Crippen LogP contribution in [0, 0.1) is 5.92 Å². The molecule has 0 bridgehead atoms. The molecule has 1 heterocycles. The zero-order valence-corrected chi connectivity index (χ0v) is 12.4. The van der Waals surface area contributed by atoms with Crippen molar-refractivity contribution in [2.24, 2.45) is 5.92 Å². The first-order chi connectivity index (χ1) is 8.63. The van der Waals surface area contributed by atoms with Crippen LogP contribution in [0.4, 0.5) is 0 Å². The van der Waals surface area contributed by atoms with E-state index >= 15 is 0 Å². The van der Waals surface area contributed by atoms with Gasteiger partial charge in [-0.2, -0.15) is 0 Å². The predicted octanol–water partition coefficient (Wildman–Crippen LogP) is 2.66. The Hall–Kier alpha value is -0.810. The van der Waals surface area contributed by atoms with Gasteiger partial charge in [0.2, 0.25) is 0 Å². The fourth-order valence-corrected chi connectivity index (χ4v) is 2.50. The third kappa shape index (κ3) is 3.14. The van der Waals surface area contributed by atoms with Crippen LogP contribution in [0.15, 0.2) is 16.7 Å². The Balaban J connectivity index is 2.09. The molecule has 1 aliphatic rings. The minimum absolute atomic E-state index is 0.0529. The molecule has 0 spiro atoms. The van der Waals surface area contributed by atoms with E-state index in [2.05, 4.69) is 27.8 Å². The number of nitrogens with zero attached hydrogens (tertiary/aromatic N) is 1. The highest BCUT2D eigenvalue weighted by Gasteiger charge is 2.34. The molecular weight excluding hydrogens is 296 g/mol. The summed E-state index contributed by atoms with van der Waals surface area (Å²) in [6.07, 6.45) is 4.24. The molecule has 0 radical (unpaired) electrons. The summed E-state index contributed by atoms with van der Waals surface area (Å²) in [6, 6.07) is 2.11. The van der Waals surface area contributed by atoms with E-state index in [1.165, 1.54) is 12.8 Å². The van der Waals surface area contributed by atoms with Crippen LogP contribution < -0.4 is 0 Å². The average Bonchev–Trinajstić information content (AvgIpc) is 3.11. The number of ether oxygens (including phenoxy) is 1. The highest BCUT2D eigenvalue weighted by Crippen LogP contribution is 2.35. The van der Waals surface area contributed by atoms with Gasteiger partial charge in [0, 0.05) is 30.4 Å². The van der Waals surface area contributed by atoms with Gasteiger partial charge >= 0.3 is 0 Å². The monoisotopic (exact) mass is 314 g/mol. The van der Waals surface area contributed by atoms with E-state index in [0.717, 1.165) is 4.47 Å². The molecule has 1 unspecified atom stereocenters. The molecule has 1 aliphatic carbocycles. The van der Waals surface area contributed by atoms with Crippen molar-refractivity contribution < 1.29 is 9.53 Å². The maximum atomic E-state index is 12.5. The van der Waals surface area contributed by atoms with Gasteiger partial charge in [-0.25, -0.2) is 0 Å². The molecule has 0 aromatic carbocycles. The maximum Gasteiger partial charge on any atom is 0.270 e. The molecule has 0 aliphatic heterocycles. The van der Waals surface area contributed by atoms with Crippen molar-refractivity contribution in [1.82, 2.24) is 9.88 Å². The molecule has 2 rings (SSSR count). The first kappa shape index (κ1) is 13.6. The largest absolute Gasteiger partial charge is 0.383 e. The Morgan fingerprint density at radius 1 is 1.67 bits per heavy atom. The van der Waals surface area contributed by atoms with Crippen molar-refractivity contribution in [3.63, 3.8) is 0 Å². The number of amides is 1. The van der Waals surface area contributed by atoms with Crippen LogP contribution in [-0.4, -0.2) is 42.1 Å². The fraction of sp³-hybridized carbons (Fsp3) is 0.615. The number of aromatic amines is 1. The van der Waals surface area contributed by atoms with E-state index in [9.17, 15) is 4.79 Å². The summed E-state index contributed by atoms with van der Waals surface area (Å²) in [6.45, 7) is 3.34. The van der Waals surface area contributed by atoms with Gasteiger partial charge in [0.1, 0.15) is 5.69 Å². The second-order valence-electron chi connectivity index (χ2n) is 4.80. The van der Waals surface area contributed by atoms with E-state index < -0.39 is 0 Å². The lowest BCUT2D eigenvalue weighted by atomic mass is 10.1. The van der Waals surface area contributed by atoms with Gasteiger partial charge in [0.05, 0.1) is 6.61 Å². The summed E-state index contributed by atoms with van der Waals surface area (Å²) < 4.78 is 6.00. The zero-order chi connectivity index (χ0) is 13.1. The normalized spacial score (nSPS) is 16.6. The van der Waals surface area contributed by atoms with Crippen molar-refractivity contribution in [3.8, 4) is 0 Å². The molecule has 1 aromatic rings. The summed E-state index contributed by atoms with van der Waals surface area (Å²) in [5.41, 5.74) is 0.630. The van der Waals surface area contributed by atoms with Gasteiger partial charge in [0.15, 0.2) is 0 Å². The maximum absolute atomic E-state index is 12.5. The smallest absolute Gasteiger partial charge is 0.270 e. The van der Waals surface area contributed by atoms with Crippen molar-refractivity contribution in [1.29, 1.82) is 0 Å². The quantitative estimate of drug-likeness (QED) is 0.877. The van der Waals surface area contributed by atoms with Gasteiger partial charge in [-0.1, -0.05) is 0 Å². The Morgan fingerprint density at radius 2 is 2.39 bits per heavy atom. The molecule has 1 fully saturated rings. The first-order valence-corrected chi connectivity index (χ1v) is 7.06. The molecule has 1 N–H and O–H groups in total. The Labute approximate surface area is 116 Å². The molecule has 1 amide bonds. The number of hydrogen-bond acceptors (Lipinski definition) is 2. The number of rotatable bonds is 6. The number of carbonyl (C=O) groups is 1. The van der Waals surface area contributed by atoms with Gasteiger partial charge in [-0.15, -0.1) is 0 Å². The van der Waals surface area contributed by atoms with Crippen LogP contribution >= 0.6 is 15.9 Å². The number of H-pyrrole nitrogens is 1. The molecule has 100 valence electrons. The van der Waals surface area contributed by atoms with Crippen LogP contribution in [0.2, 0.25) is 0 Å². The van der Waals surface area contributed by atoms with Crippen molar-refractivity contribution >= 4 is 21.8 Å². The molecule has 0 saturated heterocycles. The average molecular weight is 315 g/mol. The van der Waals surface area contributed by atoms with Crippen LogP contribution in [0.25, 0.3) is 0 Å². The summed E-state index contributed by atoms with van der Waals surface area (Å²) >= 11 is 3.35. The van der Waals surface area contributed by atoms with E-state index in [4.69, 9.17) is 4.74 Å². The van der Waals surface area contributed by atoms with Gasteiger partial charge in [-0.3, -0.25) is 4.79 Å². The SMILES string of the molecule is COCCN(C(=O)c1cc(Br)c[nH]1)C(C)C1CC1. The molecule has 4 nitrogen and oxygen atoms in total. The van der Waals surface area contributed by atoms with Crippen LogP contribution in [-0.2, 0) is 4.74 Å². The van der Waals surface area contributed by atoms with Crippen LogP contribution in [0.5, 0.6) is 0 Å². The number of aromatic nitrogens is 1. The van der Waals surface area contributed by atoms with Gasteiger partial charge in [-0.05, 0) is 47.7 Å². The van der Waals surface area contributed by atoms with E-state index in [1.54, 1.807) is 13.3 Å². The van der Waals surface area contributed by atoms with E-state index in [-0.39, 0.29) is 11.9 Å². The first-order valence-electron chi connectivity index (χ1n) is 6.27. The molecule has 18 heavy (non-hydrogen) atoms.